The number of hydrogen-bond acceptors (Lipinski definition) is 5. The van der Waals surface area contributed by atoms with E-state index in [-0.39, 0.29) is 29.4 Å². The van der Waals surface area contributed by atoms with E-state index in [2.05, 4.69) is 9.97 Å². The molecule has 0 radical (unpaired) electrons. The molecule has 0 aromatic carbocycles. The summed E-state index contributed by atoms with van der Waals surface area (Å²) in [7, 11) is 0. The largest absolute Gasteiger partial charge is 0.444 e. The normalized spacial score (nSPS) is 22.2. The van der Waals surface area contributed by atoms with Crippen molar-refractivity contribution in [2.24, 2.45) is 5.41 Å². The Morgan fingerprint density at radius 1 is 1.24 bits per heavy atom. The Morgan fingerprint density at radius 3 is 2.48 bits per heavy atom. The molecule has 2 aliphatic rings. The number of nitrogens with zero attached hydrogens (tertiary/aromatic N) is 4. The van der Waals surface area contributed by atoms with Crippen LogP contribution in [-0.2, 0) is 9.53 Å². The van der Waals surface area contributed by atoms with Crippen LogP contribution in [0.1, 0.15) is 52.1 Å². The third-order valence-electron chi connectivity index (χ3n) is 4.72. The third kappa shape index (κ3) is 3.75. The molecule has 7 heteroatoms. The van der Waals surface area contributed by atoms with Gasteiger partial charge in [-0.25, -0.2) is 9.78 Å². The van der Waals surface area contributed by atoms with Crippen molar-refractivity contribution in [2.45, 2.75) is 52.6 Å². The molecule has 0 bridgehead atoms. The highest BCUT2D eigenvalue weighted by molar-refractivity contribution is 5.88. The zero-order valence-electron chi connectivity index (χ0n) is 15.4. The average Bonchev–Trinajstić information content (AvgIpc) is 2.92. The number of carbonyl (C=O) groups is 2. The highest BCUT2D eigenvalue weighted by Gasteiger charge is 2.33. The highest BCUT2D eigenvalue weighted by Crippen LogP contribution is 2.30. The number of rotatable bonds is 2. The standard InChI is InChI=1S/C18H26N4O3/c1-12-11-22(17(24)25-12)15-10-19-9-14(20-15)13-5-7-21(8-6-13)16(23)18(2,3)4/h9-10,12-13H,5-8,11H2,1-4H3/t12-/m1/s1. The molecule has 2 amide bonds. The van der Waals surface area contributed by atoms with Crippen molar-refractivity contribution < 1.29 is 14.3 Å². The van der Waals surface area contributed by atoms with Gasteiger partial charge in [0, 0.05) is 30.6 Å². The molecule has 0 unspecified atom stereocenters. The molecule has 0 saturated carbocycles. The number of cyclic esters (lactones) is 1. The fourth-order valence-electron chi connectivity index (χ4n) is 3.34. The quantitative estimate of drug-likeness (QED) is 0.823. The van der Waals surface area contributed by atoms with Crippen molar-refractivity contribution >= 4 is 17.8 Å². The molecule has 0 N–H and O–H groups in total. The van der Waals surface area contributed by atoms with Crippen molar-refractivity contribution in [3.8, 4) is 0 Å². The van der Waals surface area contributed by atoms with Gasteiger partial charge < -0.3 is 9.64 Å². The topological polar surface area (TPSA) is 75.6 Å². The van der Waals surface area contributed by atoms with E-state index in [0.29, 0.717) is 12.4 Å². The van der Waals surface area contributed by atoms with Crippen LogP contribution in [0.5, 0.6) is 0 Å². The van der Waals surface area contributed by atoms with Gasteiger partial charge in [-0.05, 0) is 19.8 Å². The molecule has 1 aromatic heterocycles. The number of aromatic nitrogens is 2. The van der Waals surface area contributed by atoms with Crippen LogP contribution < -0.4 is 4.90 Å². The number of amides is 2. The van der Waals surface area contributed by atoms with Gasteiger partial charge in [-0.15, -0.1) is 0 Å². The van der Waals surface area contributed by atoms with Gasteiger partial charge in [-0.3, -0.25) is 14.7 Å². The SMILES string of the molecule is C[C@@H]1CN(c2cncc(C3CCN(C(=O)C(C)(C)C)CC3)n2)C(=O)O1. The van der Waals surface area contributed by atoms with Gasteiger partial charge in [0.25, 0.3) is 0 Å². The highest BCUT2D eigenvalue weighted by atomic mass is 16.6. The van der Waals surface area contributed by atoms with Gasteiger partial charge in [-0.2, -0.15) is 0 Å². The fraction of sp³-hybridized carbons (Fsp3) is 0.667. The first-order valence-corrected chi connectivity index (χ1v) is 8.85. The van der Waals surface area contributed by atoms with Crippen LogP contribution in [0.25, 0.3) is 0 Å². The molecule has 7 nitrogen and oxygen atoms in total. The molecule has 2 aliphatic heterocycles. The summed E-state index contributed by atoms with van der Waals surface area (Å²) in [4.78, 5) is 36.6. The molecular weight excluding hydrogens is 320 g/mol. The van der Waals surface area contributed by atoms with E-state index in [0.717, 1.165) is 31.6 Å². The van der Waals surface area contributed by atoms with Crippen molar-refractivity contribution in [1.82, 2.24) is 14.9 Å². The minimum absolute atomic E-state index is 0.135. The van der Waals surface area contributed by atoms with Gasteiger partial charge in [0.2, 0.25) is 5.91 Å². The zero-order valence-corrected chi connectivity index (χ0v) is 15.4. The van der Waals surface area contributed by atoms with E-state index in [1.165, 1.54) is 4.90 Å². The molecule has 2 fully saturated rings. The lowest BCUT2D eigenvalue weighted by Crippen LogP contribution is -2.43. The van der Waals surface area contributed by atoms with Gasteiger partial charge in [0.1, 0.15) is 6.10 Å². The van der Waals surface area contributed by atoms with E-state index in [1.54, 1.807) is 12.4 Å². The molecule has 3 heterocycles. The number of piperidine rings is 1. The third-order valence-corrected chi connectivity index (χ3v) is 4.72. The van der Waals surface area contributed by atoms with E-state index < -0.39 is 0 Å². The van der Waals surface area contributed by atoms with Crippen molar-refractivity contribution in [3.63, 3.8) is 0 Å². The molecule has 136 valence electrons. The number of likely N-dealkylation sites (tertiary alicyclic amines) is 1. The summed E-state index contributed by atoms with van der Waals surface area (Å²) in [5, 5.41) is 0. The van der Waals surface area contributed by atoms with Crippen LogP contribution in [0.4, 0.5) is 10.6 Å². The maximum atomic E-state index is 12.4. The second-order valence-corrected chi connectivity index (χ2v) is 7.92. The summed E-state index contributed by atoms with van der Waals surface area (Å²) in [5.41, 5.74) is 0.534. The summed E-state index contributed by atoms with van der Waals surface area (Å²) in [5.74, 6) is 0.993. The maximum absolute atomic E-state index is 12.4. The Labute approximate surface area is 148 Å². The average molecular weight is 346 g/mol. The lowest BCUT2D eigenvalue weighted by Gasteiger charge is -2.35. The first-order valence-electron chi connectivity index (χ1n) is 8.85. The molecule has 1 atom stereocenters. The molecule has 2 saturated heterocycles. The predicted molar refractivity (Wildman–Crippen MR) is 93.3 cm³/mol. The molecule has 3 rings (SSSR count). The van der Waals surface area contributed by atoms with Gasteiger partial charge in [-0.1, -0.05) is 20.8 Å². The number of hydrogen-bond donors (Lipinski definition) is 0. The zero-order chi connectivity index (χ0) is 18.2. The fourth-order valence-corrected chi connectivity index (χ4v) is 3.34. The van der Waals surface area contributed by atoms with Crippen molar-refractivity contribution in [2.75, 3.05) is 24.5 Å². The monoisotopic (exact) mass is 346 g/mol. The molecular formula is C18H26N4O3. The molecule has 0 aliphatic carbocycles. The summed E-state index contributed by atoms with van der Waals surface area (Å²) in [6.45, 7) is 9.67. The minimum Gasteiger partial charge on any atom is -0.444 e. The van der Waals surface area contributed by atoms with Crippen LogP contribution in [-0.4, -0.2) is 52.6 Å². The van der Waals surface area contributed by atoms with Crippen LogP contribution in [0.2, 0.25) is 0 Å². The Kier molecular flexibility index (Phi) is 4.67. The van der Waals surface area contributed by atoms with Gasteiger partial charge >= 0.3 is 6.09 Å². The number of carbonyl (C=O) groups excluding carboxylic acids is 2. The molecule has 25 heavy (non-hydrogen) atoms. The lowest BCUT2D eigenvalue weighted by atomic mass is 9.90. The Morgan fingerprint density at radius 2 is 1.92 bits per heavy atom. The molecule has 0 spiro atoms. The first-order chi connectivity index (χ1) is 11.8. The number of ether oxygens (including phenoxy) is 1. The maximum Gasteiger partial charge on any atom is 0.415 e. The lowest BCUT2D eigenvalue weighted by molar-refractivity contribution is -0.140. The van der Waals surface area contributed by atoms with E-state index in [1.807, 2.05) is 32.6 Å². The van der Waals surface area contributed by atoms with Crippen LogP contribution in [0, 0.1) is 5.41 Å². The Balaban J connectivity index is 1.67. The Bertz CT molecular complexity index is 663. The predicted octanol–water partition coefficient (Wildman–Crippen LogP) is 2.57. The van der Waals surface area contributed by atoms with E-state index in [4.69, 9.17) is 4.74 Å². The van der Waals surface area contributed by atoms with E-state index in [9.17, 15) is 9.59 Å². The van der Waals surface area contributed by atoms with Gasteiger partial charge in [0.15, 0.2) is 5.82 Å². The number of anilines is 1. The summed E-state index contributed by atoms with van der Waals surface area (Å²) in [6, 6.07) is 0. The first kappa shape index (κ1) is 17.6. The van der Waals surface area contributed by atoms with Gasteiger partial charge in [0.05, 0.1) is 18.4 Å². The van der Waals surface area contributed by atoms with Crippen molar-refractivity contribution in [1.29, 1.82) is 0 Å². The summed E-state index contributed by atoms with van der Waals surface area (Å²) >= 11 is 0. The van der Waals surface area contributed by atoms with Crippen LogP contribution in [0.3, 0.4) is 0 Å². The minimum atomic E-state index is -0.371. The van der Waals surface area contributed by atoms with Crippen LogP contribution in [0.15, 0.2) is 12.4 Å². The Hall–Kier alpha value is -2.18. The smallest absolute Gasteiger partial charge is 0.415 e. The van der Waals surface area contributed by atoms with E-state index >= 15 is 0 Å². The second kappa shape index (κ2) is 6.61. The molecule has 1 aromatic rings. The van der Waals surface area contributed by atoms with Crippen molar-refractivity contribution in [3.05, 3.63) is 18.1 Å². The summed E-state index contributed by atoms with van der Waals surface area (Å²) in [6.07, 6.45) is 4.58. The van der Waals surface area contributed by atoms with Crippen LogP contribution >= 0.6 is 0 Å². The summed E-state index contributed by atoms with van der Waals surface area (Å²) < 4.78 is 5.16. The second-order valence-electron chi connectivity index (χ2n) is 7.92.